The van der Waals surface area contributed by atoms with Gasteiger partial charge in [-0.05, 0) is 141 Å². The van der Waals surface area contributed by atoms with E-state index in [1.54, 1.807) is 102 Å². The van der Waals surface area contributed by atoms with Crippen molar-refractivity contribution in [2.24, 2.45) is 0 Å². The molecule has 1 aliphatic heterocycles. The Hall–Kier alpha value is -1.99. The van der Waals surface area contributed by atoms with Crippen molar-refractivity contribution >= 4 is 41.9 Å². The van der Waals surface area contributed by atoms with E-state index < -0.39 is 0 Å². The number of rotatable bonds is 6. The second-order valence-corrected chi connectivity index (χ2v) is 19.5. The molecule has 0 bridgehead atoms. The third-order valence-electron chi connectivity index (χ3n) is 11.9. The van der Waals surface area contributed by atoms with Crippen LogP contribution in [0.2, 0.25) is 0 Å². The van der Waals surface area contributed by atoms with E-state index in [4.69, 9.17) is 11.4 Å². The summed E-state index contributed by atoms with van der Waals surface area (Å²) < 4.78 is 0. The molecule has 3 aliphatic carbocycles. The molecule has 0 amide bonds. The summed E-state index contributed by atoms with van der Waals surface area (Å²) in [4.78, 5) is 12.6. The van der Waals surface area contributed by atoms with Crippen molar-refractivity contribution in [1.82, 2.24) is 0 Å². The number of hydrogen-bond donors (Lipinski definition) is 0. The molecule has 6 heteroatoms. The fourth-order valence-corrected chi connectivity index (χ4v) is 15.2. The van der Waals surface area contributed by atoms with Crippen molar-refractivity contribution in [3.63, 3.8) is 0 Å². The molecule has 54 heavy (non-hydrogen) atoms. The number of hydrogen-bond acceptors (Lipinski definition) is 3. The Balaban J connectivity index is 0.000000227. The first-order valence-corrected chi connectivity index (χ1v) is 24.6. The van der Waals surface area contributed by atoms with Gasteiger partial charge in [-0.3, -0.25) is 13.4 Å². The molecule has 3 saturated carbocycles. The van der Waals surface area contributed by atoms with Crippen molar-refractivity contribution in [2.45, 2.75) is 155 Å². The zero-order chi connectivity index (χ0) is 39.5. The van der Waals surface area contributed by atoms with Crippen LogP contribution in [0.3, 0.4) is 0 Å². The Bertz CT molecular complexity index is 1360. The normalized spacial score (nSPS) is 17.9. The quantitative estimate of drug-likeness (QED) is 0.107. The molecule has 0 N–H and O–H groups in total. The van der Waals surface area contributed by atoms with Gasteiger partial charge in [0.1, 0.15) is 0 Å². The van der Waals surface area contributed by atoms with Crippen LogP contribution in [0.15, 0.2) is 54.6 Å². The molecule has 296 valence electrons. The van der Waals surface area contributed by atoms with Crippen molar-refractivity contribution in [1.29, 1.82) is 0 Å². The zero-order valence-corrected chi connectivity index (χ0v) is 37.8. The van der Waals surface area contributed by atoms with Gasteiger partial charge in [-0.2, -0.15) is 12.2 Å². The van der Waals surface area contributed by atoms with Crippen LogP contribution >= 0.6 is 17.6 Å². The molecule has 0 aromatic heterocycles. The molecule has 3 nitrogen and oxygen atoms in total. The Labute approximate surface area is 346 Å². The van der Waals surface area contributed by atoms with Gasteiger partial charge in [-0.25, -0.2) is 6.08 Å². The Kier molecular flexibility index (Phi) is 21.7. The predicted molar refractivity (Wildman–Crippen MR) is 237 cm³/mol. The van der Waals surface area contributed by atoms with Gasteiger partial charge >= 0.3 is 27.0 Å². The van der Waals surface area contributed by atoms with Gasteiger partial charge in [0.25, 0.3) is 0 Å². The van der Waals surface area contributed by atoms with Gasteiger partial charge in [0.15, 0.2) is 0 Å². The molecule has 4 fully saturated rings. The maximum atomic E-state index is 7.75. The molecule has 0 atom stereocenters. The molecule has 1 saturated heterocycles. The molecule has 4 aliphatic rings. The minimum atomic E-state index is -0.0465. The molecule has 0 spiro atoms. The maximum absolute atomic E-state index is 7.75. The van der Waals surface area contributed by atoms with Crippen LogP contribution in [-0.4, -0.2) is 36.9 Å². The average molecular weight is 858 g/mol. The third-order valence-corrected chi connectivity index (χ3v) is 16.5. The Morgan fingerprint density at radius 1 is 0.593 bits per heavy atom. The monoisotopic (exact) mass is 857 g/mol. The Morgan fingerprint density at radius 3 is 1.19 bits per heavy atom. The molecular weight excluding hydrogens is 788 g/mol. The van der Waals surface area contributed by atoms with Crippen LogP contribution in [0, 0.1) is 54.8 Å². The van der Waals surface area contributed by atoms with Crippen LogP contribution in [-0.2, 0) is 22.1 Å². The zero-order valence-electron chi connectivity index (χ0n) is 34.3. The first-order chi connectivity index (χ1) is 26.2. The molecular formula is C48H69ClN2OPRu+. The summed E-state index contributed by atoms with van der Waals surface area (Å²) in [6.07, 6.45) is 25.4. The fraction of sp³-hybridized carbons (Fsp3) is 0.542. The Morgan fingerprint density at radius 2 is 0.907 bits per heavy atom. The van der Waals surface area contributed by atoms with Crippen molar-refractivity contribution < 1.29 is 22.1 Å². The van der Waals surface area contributed by atoms with Gasteiger partial charge in [0.2, 0.25) is 0 Å². The van der Waals surface area contributed by atoms with Crippen molar-refractivity contribution in [3.8, 4) is 0 Å². The molecule has 3 aromatic rings. The van der Waals surface area contributed by atoms with Gasteiger partial charge in [-0.1, -0.05) is 72.9 Å². The summed E-state index contributed by atoms with van der Waals surface area (Å²) in [5.74, 6) is 0. The van der Waals surface area contributed by atoms with Crippen LogP contribution in [0.25, 0.3) is 6.08 Å². The minimum absolute atomic E-state index is 0.0465. The number of halogens is 1. The SMILES string of the molecule is C1CCC([PH+](C2CCCCC2)C2CCCCC2)CC1.Cc1cc(C)c(N2[CH-]N(c3c(C)cc(C)cc3C)CC2)c(C)c1.[CH-]=Cc1ccccc1.[CH-]=O.[Cl][Ru+3]. The topological polar surface area (TPSA) is 23.6 Å². The van der Waals surface area contributed by atoms with Gasteiger partial charge in [0.05, 0.1) is 17.0 Å². The first-order valence-electron chi connectivity index (χ1n) is 20.6. The van der Waals surface area contributed by atoms with Crippen LogP contribution in [0.5, 0.6) is 0 Å². The van der Waals surface area contributed by atoms with Crippen molar-refractivity contribution in [3.05, 3.63) is 107 Å². The molecule has 3 aromatic carbocycles. The summed E-state index contributed by atoms with van der Waals surface area (Å²) in [6.45, 7) is 26.0. The van der Waals surface area contributed by atoms with E-state index in [2.05, 4.69) is 98.8 Å². The summed E-state index contributed by atoms with van der Waals surface area (Å²) in [5.41, 5.74) is 15.6. The van der Waals surface area contributed by atoms with E-state index in [-0.39, 0.29) is 7.92 Å². The number of carbonyl (C=O) groups excluding carboxylic acids is 1. The molecule has 1 heterocycles. The van der Waals surface area contributed by atoms with E-state index in [9.17, 15) is 0 Å². The number of anilines is 2. The van der Waals surface area contributed by atoms with Crippen LogP contribution < -0.4 is 9.80 Å². The second-order valence-electron chi connectivity index (χ2n) is 16.1. The molecule has 0 unspecified atom stereocenters. The summed E-state index contributed by atoms with van der Waals surface area (Å²) in [7, 11) is 4.52. The van der Waals surface area contributed by atoms with Gasteiger partial charge in [0, 0.05) is 32.4 Å². The van der Waals surface area contributed by atoms with E-state index >= 15 is 0 Å². The summed E-state index contributed by atoms with van der Waals surface area (Å²) in [5, 5.41) is 0. The number of benzene rings is 3. The molecule has 7 rings (SSSR count). The van der Waals surface area contributed by atoms with Gasteiger partial charge in [-0.15, -0.1) is 12.1 Å². The van der Waals surface area contributed by atoms with E-state index in [1.165, 1.54) is 61.7 Å². The summed E-state index contributed by atoms with van der Waals surface area (Å²) in [6, 6.07) is 18.9. The summed E-state index contributed by atoms with van der Waals surface area (Å²) >= 11 is 1.82. The van der Waals surface area contributed by atoms with Crippen LogP contribution in [0.1, 0.15) is 135 Å². The van der Waals surface area contributed by atoms with Gasteiger partial charge < -0.3 is 14.6 Å². The predicted octanol–water partition coefficient (Wildman–Crippen LogP) is 13.7. The number of aryl methyl sites for hydroxylation is 6. The fourth-order valence-electron chi connectivity index (χ4n) is 9.96. The van der Waals surface area contributed by atoms with Crippen molar-refractivity contribution in [2.75, 3.05) is 22.9 Å². The first kappa shape index (κ1) is 46.4. The molecule has 0 radical (unpaired) electrons. The van der Waals surface area contributed by atoms with E-state index in [0.29, 0.717) is 0 Å². The van der Waals surface area contributed by atoms with E-state index in [0.717, 1.165) is 18.7 Å². The van der Waals surface area contributed by atoms with E-state index in [1.807, 2.05) is 47.6 Å². The second kappa shape index (κ2) is 25.3. The average Bonchev–Trinajstić information content (AvgIpc) is 3.66. The van der Waals surface area contributed by atoms with Crippen LogP contribution in [0.4, 0.5) is 11.4 Å². The standard InChI is InChI=1S/C21H27N2.C18H33P.C8H7.CHO.ClH.Ru/c1-14-9-16(3)20(17(4)10-14)22-7-8-23(13-22)21-18(5)11-15(2)12-19(21)6;1-4-10-16(11-5-1)19(17-12-6-2-7-13-17)18-14-8-3-9-15-18;1-2-8-6-4-3-5-7-8;1-2;;/h9-13H,7-8H2,1-6H3;16-18H,1-15H2;1-7H;1H;1H;/q-1;;2*-1;;+4. The third kappa shape index (κ3) is 13.9. The number of nitrogens with zero attached hydrogens (tertiary/aromatic N) is 2.